The molecule has 2 aromatic carbocycles. The third kappa shape index (κ3) is 1.29. The standard InChI is InChI=1S/C14H10O4/c1-17-11-3-2-8(7-15)10-6-12-9(4-5-18-12)14(16)13(10)11/h2-7,16H,1H3. The molecule has 0 amide bonds. The number of aromatic hydroxyl groups is 1. The van der Waals surface area contributed by atoms with Crippen LogP contribution in [0.3, 0.4) is 0 Å². The van der Waals surface area contributed by atoms with Crippen LogP contribution in [0.15, 0.2) is 34.9 Å². The van der Waals surface area contributed by atoms with Crippen LogP contribution in [0.25, 0.3) is 21.7 Å². The van der Waals surface area contributed by atoms with Crippen molar-refractivity contribution in [1.82, 2.24) is 0 Å². The lowest BCUT2D eigenvalue weighted by Crippen LogP contribution is -1.90. The zero-order valence-electron chi connectivity index (χ0n) is 9.64. The van der Waals surface area contributed by atoms with Crippen molar-refractivity contribution in [2.75, 3.05) is 7.11 Å². The van der Waals surface area contributed by atoms with E-state index in [4.69, 9.17) is 9.15 Å². The van der Waals surface area contributed by atoms with Crippen LogP contribution in [0.4, 0.5) is 0 Å². The minimum absolute atomic E-state index is 0.0665. The van der Waals surface area contributed by atoms with Crippen LogP contribution in [-0.2, 0) is 0 Å². The lowest BCUT2D eigenvalue weighted by molar-refractivity contribution is 0.112. The maximum absolute atomic E-state index is 11.1. The van der Waals surface area contributed by atoms with E-state index in [-0.39, 0.29) is 5.75 Å². The summed E-state index contributed by atoms with van der Waals surface area (Å²) in [6.45, 7) is 0. The van der Waals surface area contributed by atoms with Gasteiger partial charge in [0.05, 0.1) is 24.1 Å². The number of ether oxygens (including phenoxy) is 1. The summed E-state index contributed by atoms with van der Waals surface area (Å²) in [6.07, 6.45) is 2.24. The highest BCUT2D eigenvalue weighted by atomic mass is 16.5. The quantitative estimate of drug-likeness (QED) is 0.701. The van der Waals surface area contributed by atoms with Crippen molar-refractivity contribution in [2.24, 2.45) is 0 Å². The molecule has 4 heteroatoms. The maximum Gasteiger partial charge on any atom is 0.150 e. The molecule has 0 aliphatic carbocycles. The fraction of sp³-hybridized carbons (Fsp3) is 0.0714. The van der Waals surface area contributed by atoms with E-state index in [0.29, 0.717) is 33.1 Å². The van der Waals surface area contributed by atoms with E-state index >= 15 is 0 Å². The highest BCUT2D eigenvalue weighted by Gasteiger charge is 2.15. The second-order valence-corrected chi connectivity index (χ2v) is 3.96. The molecule has 3 aromatic rings. The maximum atomic E-state index is 11.1. The number of benzene rings is 2. The number of rotatable bonds is 2. The van der Waals surface area contributed by atoms with Crippen LogP contribution in [0.5, 0.6) is 11.5 Å². The second kappa shape index (κ2) is 3.77. The highest BCUT2D eigenvalue weighted by Crippen LogP contribution is 2.40. The molecule has 0 radical (unpaired) electrons. The fourth-order valence-corrected chi connectivity index (χ4v) is 2.18. The third-order valence-corrected chi connectivity index (χ3v) is 3.05. The Balaban J connectivity index is 2.59. The van der Waals surface area contributed by atoms with Gasteiger partial charge in [-0.2, -0.15) is 0 Å². The molecule has 90 valence electrons. The molecule has 1 N–H and O–H groups in total. The van der Waals surface area contributed by atoms with E-state index in [2.05, 4.69) is 0 Å². The predicted octanol–water partition coefficient (Wildman–Crippen LogP) is 3.11. The van der Waals surface area contributed by atoms with Crippen molar-refractivity contribution in [1.29, 1.82) is 0 Å². The summed E-state index contributed by atoms with van der Waals surface area (Å²) in [5.41, 5.74) is 1.02. The first-order valence-electron chi connectivity index (χ1n) is 5.41. The normalized spacial score (nSPS) is 10.9. The lowest BCUT2D eigenvalue weighted by atomic mass is 10.0. The molecule has 0 atom stereocenters. The number of hydrogen-bond donors (Lipinski definition) is 1. The van der Waals surface area contributed by atoms with Gasteiger partial charge in [-0.05, 0) is 24.3 Å². The smallest absolute Gasteiger partial charge is 0.150 e. The monoisotopic (exact) mass is 242 g/mol. The average molecular weight is 242 g/mol. The van der Waals surface area contributed by atoms with Gasteiger partial charge in [-0.15, -0.1) is 0 Å². The van der Waals surface area contributed by atoms with E-state index < -0.39 is 0 Å². The van der Waals surface area contributed by atoms with Gasteiger partial charge in [-0.25, -0.2) is 0 Å². The van der Waals surface area contributed by atoms with Gasteiger partial charge in [0.15, 0.2) is 6.29 Å². The van der Waals surface area contributed by atoms with Crippen molar-refractivity contribution in [3.63, 3.8) is 0 Å². The zero-order valence-corrected chi connectivity index (χ0v) is 9.64. The average Bonchev–Trinajstić information content (AvgIpc) is 2.86. The molecular formula is C14H10O4. The van der Waals surface area contributed by atoms with Crippen LogP contribution in [-0.4, -0.2) is 18.5 Å². The van der Waals surface area contributed by atoms with Crippen LogP contribution < -0.4 is 4.74 Å². The molecule has 4 nitrogen and oxygen atoms in total. The van der Waals surface area contributed by atoms with Gasteiger partial charge in [0, 0.05) is 10.9 Å². The number of carbonyl (C=O) groups is 1. The van der Waals surface area contributed by atoms with E-state index in [0.717, 1.165) is 6.29 Å². The molecule has 0 bridgehead atoms. The molecule has 1 heterocycles. The van der Waals surface area contributed by atoms with Gasteiger partial charge < -0.3 is 14.3 Å². The Bertz CT molecular complexity index is 755. The highest BCUT2D eigenvalue weighted by molar-refractivity contribution is 6.11. The molecule has 0 saturated carbocycles. The Labute approximate surface area is 102 Å². The number of fused-ring (bicyclic) bond motifs is 2. The first kappa shape index (κ1) is 10.7. The van der Waals surface area contributed by atoms with Crippen molar-refractivity contribution in [3.05, 3.63) is 36.1 Å². The Kier molecular flexibility index (Phi) is 2.23. The number of methoxy groups -OCH3 is 1. The van der Waals surface area contributed by atoms with Crippen molar-refractivity contribution < 1.29 is 19.1 Å². The van der Waals surface area contributed by atoms with Crippen LogP contribution in [0.1, 0.15) is 10.4 Å². The summed E-state index contributed by atoms with van der Waals surface area (Å²) < 4.78 is 10.5. The number of hydrogen-bond acceptors (Lipinski definition) is 4. The topological polar surface area (TPSA) is 59.7 Å². The molecule has 0 aliphatic heterocycles. The number of phenolic OH excluding ortho intramolecular Hbond substituents is 1. The number of furan rings is 1. The van der Waals surface area contributed by atoms with E-state index in [9.17, 15) is 9.90 Å². The Morgan fingerprint density at radius 3 is 2.83 bits per heavy atom. The third-order valence-electron chi connectivity index (χ3n) is 3.05. The molecule has 1 aromatic heterocycles. The van der Waals surface area contributed by atoms with Gasteiger partial charge in [0.2, 0.25) is 0 Å². The zero-order chi connectivity index (χ0) is 12.7. The summed E-state index contributed by atoms with van der Waals surface area (Å²) >= 11 is 0. The molecule has 0 fully saturated rings. The molecular weight excluding hydrogens is 232 g/mol. The van der Waals surface area contributed by atoms with Crippen LogP contribution in [0.2, 0.25) is 0 Å². The van der Waals surface area contributed by atoms with Crippen molar-refractivity contribution in [3.8, 4) is 11.5 Å². The van der Waals surface area contributed by atoms with Crippen LogP contribution in [0, 0.1) is 0 Å². The summed E-state index contributed by atoms with van der Waals surface area (Å²) in [5.74, 6) is 0.591. The van der Waals surface area contributed by atoms with Gasteiger partial charge in [0.25, 0.3) is 0 Å². The largest absolute Gasteiger partial charge is 0.506 e. The van der Waals surface area contributed by atoms with Gasteiger partial charge in [0.1, 0.15) is 17.1 Å². The van der Waals surface area contributed by atoms with Gasteiger partial charge in [-0.1, -0.05) is 0 Å². The molecule has 0 saturated heterocycles. The summed E-state index contributed by atoms with van der Waals surface area (Å²) in [5, 5.41) is 12.0. The second-order valence-electron chi connectivity index (χ2n) is 3.96. The van der Waals surface area contributed by atoms with E-state index in [1.54, 1.807) is 24.3 Å². The molecule has 0 aliphatic rings. The van der Waals surface area contributed by atoms with Crippen molar-refractivity contribution in [2.45, 2.75) is 0 Å². The first-order valence-corrected chi connectivity index (χ1v) is 5.41. The summed E-state index contributed by atoms with van der Waals surface area (Å²) in [7, 11) is 1.52. The molecule has 18 heavy (non-hydrogen) atoms. The first-order chi connectivity index (χ1) is 8.76. The predicted molar refractivity (Wildman–Crippen MR) is 67.3 cm³/mol. The Morgan fingerprint density at radius 2 is 2.11 bits per heavy atom. The van der Waals surface area contributed by atoms with Crippen molar-refractivity contribution >= 4 is 28.0 Å². The SMILES string of the molecule is COc1ccc(C=O)c2cc3occc3c(O)c12. The van der Waals surface area contributed by atoms with Gasteiger partial charge in [-0.3, -0.25) is 4.79 Å². The van der Waals surface area contributed by atoms with Crippen LogP contribution >= 0.6 is 0 Å². The minimum atomic E-state index is 0.0665. The lowest BCUT2D eigenvalue weighted by Gasteiger charge is -2.09. The molecule has 0 unspecified atom stereocenters. The Morgan fingerprint density at radius 1 is 1.28 bits per heavy atom. The summed E-state index contributed by atoms with van der Waals surface area (Å²) in [4.78, 5) is 11.1. The minimum Gasteiger partial charge on any atom is -0.506 e. The summed E-state index contributed by atoms with van der Waals surface area (Å²) in [6, 6.07) is 6.73. The number of phenols is 1. The van der Waals surface area contributed by atoms with E-state index in [1.807, 2.05) is 0 Å². The van der Waals surface area contributed by atoms with Gasteiger partial charge >= 0.3 is 0 Å². The molecule has 3 rings (SSSR count). The fourth-order valence-electron chi connectivity index (χ4n) is 2.18. The number of carbonyl (C=O) groups excluding carboxylic acids is 1. The Hall–Kier alpha value is -2.49. The number of aldehydes is 1. The van der Waals surface area contributed by atoms with E-state index in [1.165, 1.54) is 13.4 Å². The molecule has 0 spiro atoms.